The Balaban J connectivity index is 3.06. The van der Waals surface area contributed by atoms with Gasteiger partial charge in [0.2, 0.25) is 0 Å². The second-order valence-electron chi connectivity index (χ2n) is 3.58. The smallest absolute Gasteiger partial charge is 0.137 e. The molecule has 1 rings (SSSR count). The first-order chi connectivity index (χ1) is 7.74. The van der Waals surface area contributed by atoms with E-state index in [1.54, 1.807) is 13.0 Å². The molecule has 0 saturated heterocycles. The Morgan fingerprint density at radius 3 is 2.81 bits per heavy atom. The van der Waals surface area contributed by atoms with E-state index < -0.39 is 0 Å². The molecule has 0 spiro atoms. The molecule has 85 valence electrons. The zero-order chi connectivity index (χ0) is 12.0. The largest absolute Gasteiger partial charge is 0.492 e. The van der Waals surface area contributed by atoms with Crippen molar-refractivity contribution in [1.82, 2.24) is 0 Å². The molecule has 0 fully saturated rings. The molecule has 0 heterocycles. The number of benzene rings is 1. The minimum absolute atomic E-state index is 0.0497. The number of nitrogens with zero attached hydrogens (tertiary/aromatic N) is 1. The Morgan fingerprint density at radius 1 is 1.50 bits per heavy atom. The van der Waals surface area contributed by atoms with Crippen molar-refractivity contribution in [2.75, 3.05) is 13.2 Å². The zero-order valence-electron chi connectivity index (χ0n) is 9.66. The summed E-state index contributed by atoms with van der Waals surface area (Å²) in [4.78, 5) is 0. The first-order valence-electron chi connectivity index (χ1n) is 5.34. The van der Waals surface area contributed by atoms with E-state index >= 15 is 0 Å². The van der Waals surface area contributed by atoms with Crippen LogP contribution in [0.3, 0.4) is 0 Å². The molecule has 1 aromatic rings. The van der Waals surface area contributed by atoms with Crippen molar-refractivity contribution in [3.8, 4) is 11.8 Å². The summed E-state index contributed by atoms with van der Waals surface area (Å²) < 4.78 is 5.50. The van der Waals surface area contributed by atoms with Crippen molar-refractivity contribution < 1.29 is 9.84 Å². The SMILES string of the molecule is CCCOc1cccc([C](C)CO)c1C#N. The summed E-state index contributed by atoms with van der Waals surface area (Å²) in [6, 6.07) is 7.57. The van der Waals surface area contributed by atoms with Gasteiger partial charge in [0.15, 0.2) is 0 Å². The fourth-order valence-electron chi connectivity index (χ4n) is 1.42. The zero-order valence-corrected chi connectivity index (χ0v) is 9.66. The van der Waals surface area contributed by atoms with Gasteiger partial charge in [-0.15, -0.1) is 0 Å². The van der Waals surface area contributed by atoms with Gasteiger partial charge in [0.05, 0.1) is 18.8 Å². The number of rotatable bonds is 5. The molecule has 0 amide bonds. The molecular weight excluding hydrogens is 202 g/mol. The molecule has 3 nitrogen and oxygen atoms in total. The normalized spacial score (nSPS) is 10.2. The van der Waals surface area contributed by atoms with Crippen LogP contribution in [0.15, 0.2) is 18.2 Å². The van der Waals surface area contributed by atoms with Crippen molar-refractivity contribution >= 4 is 0 Å². The lowest BCUT2D eigenvalue weighted by Crippen LogP contribution is -2.05. The lowest BCUT2D eigenvalue weighted by atomic mass is 9.96. The number of nitriles is 1. The first-order valence-corrected chi connectivity index (χ1v) is 5.34. The van der Waals surface area contributed by atoms with Crippen LogP contribution in [0.4, 0.5) is 0 Å². The standard InChI is InChI=1S/C13H16NO2/c1-3-7-16-13-6-4-5-11(10(2)9-15)12(13)8-14/h4-6,15H,3,7,9H2,1-2H3. The minimum Gasteiger partial charge on any atom is -0.492 e. The van der Waals surface area contributed by atoms with Crippen LogP contribution in [0.1, 0.15) is 31.4 Å². The summed E-state index contributed by atoms with van der Waals surface area (Å²) >= 11 is 0. The maximum Gasteiger partial charge on any atom is 0.137 e. The summed E-state index contributed by atoms with van der Waals surface area (Å²) in [7, 11) is 0. The monoisotopic (exact) mass is 218 g/mol. The maximum absolute atomic E-state index is 9.12. The Kier molecular flexibility index (Phi) is 4.81. The summed E-state index contributed by atoms with van der Waals surface area (Å²) in [6.07, 6.45) is 0.901. The van der Waals surface area contributed by atoms with Crippen LogP contribution in [0.2, 0.25) is 0 Å². The Bertz CT molecular complexity index is 382. The molecular formula is C13H16NO2. The van der Waals surface area contributed by atoms with Crippen LogP contribution in [-0.2, 0) is 0 Å². The molecule has 0 atom stereocenters. The Morgan fingerprint density at radius 2 is 2.25 bits per heavy atom. The second-order valence-corrected chi connectivity index (χ2v) is 3.58. The third kappa shape index (κ3) is 2.74. The van der Waals surface area contributed by atoms with Crippen LogP contribution in [0.5, 0.6) is 5.75 Å². The third-order valence-electron chi connectivity index (χ3n) is 2.30. The van der Waals surface area contributed by atoms with E-state index in [4.69, 9.17) is 15.1 Å². The summed E-state index contributed by atoms with van der Waals surface area (Å²) in [5.74, 6) is 1.37. The topological polar surface area (TPSA) is 53.2 Å². The predicted molar refractivity (Wildman–Crippen MR) is 62.0 cm³/mol. The van der Waals surface area contributed by atoms with E-state index in [9.17, 15) is 0 Å². The molecule has 0 saturated carbocycles. The van der Waals surface area contributed by atoms with Crippen molar-refractivity contribution in [2.45, 2.75) is 20.3 Å². The average Bonchev–Trinajstić information content (AvgIpc) is 2.34. The molecule has 0 aromatic heterocycles. The van der Waals surface area contributed by atoms with Gasteiger partial charge in [-0.1, -0.05) is 26.0 Å². The van der Waals surface area contributed by atoms with Gasteiger partial charge >= 0.3 is 0 Å². The number of aliphatic hydroxyl groups is 1. The van der Waals surface area contributed by atoms with Crippen LogP contribution >= 0.6 is 0 Å². The number of hydrogen-bond donors (Lipinski definition) is 1. The van der Waals surface area contributed by atoms with E-state index in [1.807, 2.05) is 19.1 Å². The molecule has 0 aliphatic carbocycles. The van der Waals surface area contributed by atoms with Crippen LogP contribution < -0.4 is 4.74 Å². The van der Waals surface area contributed by atoms with E-state index in [1.165, 1.54) is 0 Å². The Labute approximate surface area is 96.3 Å². The fraction of sp³-hybridized carbons (Fsp3) is 0.385. The van der Waals surface area contributed by atoms with Gasteiger partial charge in [-0.25, -0.2) is 0 Å². The fourth-order valence-corrected chi connectivity index (χ4v) is 1.42. The van der Waals surface area contributed by atoms with Gasteiger partial charge in [-0.3, -0.25) is 0 Å². The van der Waals surface area contributed by atoms with Crippen molar-refractivity contribution in [2.24, 2.45) is 0 Å². The van der Waals surface area contributed by atoms with Gasteiger partial charge in [0.1, 0.15) is 11.8 Å². The lowest BCUT2D eigenvalue weighted by Gasteiger charge is -2.13. The summed E-state index contributed by atoms with van der Waals surface area (Å²) in [6.45, 7) is 4.36. The van der Waals surface area contributed by atoms with E-state index in [2.05, 4.69) is 6.07 Å². The Hall–Kier alpha value is -1.53. The highest BCUT2D eigenvalue weighted by Crippen LogP contribution is 2.26. The predicted octanol–water partition coefficient (Wildman–Crippen LogP) is 2.28. The van der Waals surface area contributed by atoms with Crippen molar-refractivity contribution in [3.05, 3.63) is 35.2 Å². The van der Waals surface area contributed by atoms with E-state index in [-0.39, 0.29) is 6.61 Å². The van der Waals surface area contributed by atoms with Gasteiger partial charge in [0.25, 0.3) is 0 Å². The lowest BCUT2D eigenvalue weighted by molar-refractivity contribution is 0.310. The summed E-state index contributed by atoms with van der Waals surface area (Å²) in [5.41, 5.74) is 1.26. The highest BCUT2D eigenvalue weighted by Gasteiger charge is 2.14. The highest BCUT2D eigenvalue weighted by atomic mass is 16.5. The van der Waals surface area contributed by atoms with Gasteiger partial charge in [0, 0.05) is 5.92 Å². The molecule has 1 radical (unpaired) electrons. The molecule has 3 heteroatoms. The molecule has 16 heavy (non-hydrogen) atoms. The van der Waals surface area contributed by atoms with Crippen LogP contribution in [-0.4, -0.2) is 18.3 Å². The van der Waals surface area contributed by atoms with Gasteiger partial charge in [-0.2, -0.15) is 5.26 Å². The second kappa shape index (κ2) is 6.14. The third-order valence-corrected chi connectivity index (χ3v) is 2.30. The minimum atomic E-state index is -0.0497. The van der Waals surface area contributed by atoms with Crippen molar-refractivity contribution in [1.29, 1.82) is 5.26 Å². The molecule has 0 aliphatic heterocycles. The average molecular weight is 218 g/mol. The maximum atomic E-state index is 9.12. The molecule has 0 unspecified atom stereocenters. The summed E-state index contributed by atoms with van der Waals surface area (Å²) in [5, 5.41) is 18.2. The van der Waals surface area contributed by atoms with Crippen molar-refractivity contribution in [3.63, 3.8) is 0 Å². The van der Waals surface area contributed by atoms with Gasteiger partial charge in [-0.05, 0) is 18.1 Å². The quantitative estimate of drug-likeness (QED) is 0.824. The van der Waals surface area contributed by atoms with E-state index in [0.717, 1.165) is 17.9 Å². The molecule has 1 N–H and O–H groups in total. The molecule has 0 aliphatic rings. The van der Waals surface area contributed by atoms with Crippen LogP contribution in [0, 0.1) is 17.2 Å². The molecule has 1 aromatic carbocycles. The first kappa shape index (κ1) is 12.5. The molecule has 0 bridgehead atoms. The number of aliphatic hydroxyl groups excluding tert-OH is 1. The number of hydrogen-bond acceptors (Lipinski definition) is 3. The van der Waals surface area contributed by atoms with E-state index in [0.29, 0.717) is 17.9 Å². The highest BCUT2D eigenvalue weighted by molar-refractivity contribution is 5.53. The number of ether oxygens (including phenoxy) is 1. The van der Waals surface area contributed by atoms with Gasteiger partial charge < -0.3 is 9.84 Å². The van der Waals surface area contributed by atoms with Crippen LogP contribution in [0.25, 0.3) is 0 Å².